The summed E-state index contributed by atoms with van der Waals surface area (Å²) in [5.41, 5.74) is -0.249. The molecule has 0 spiro atoms. The fourth-order valence-corrected chi connectivity index (χ4v) is 3.94. The molecule has 1 aliphatic rings. The minimum absolute atomic E-state index is 0.0105. The van der Waals surface area contributed by atoms with Crippen LogP contribution in [0.15, 0.2) is 21.9 Å². The minimum atomic E-state index is -0.371. The fourth-order valence-electron chi connectivity index (χ4n) is 3.94. The number of aryl methyl sites for hydroxylation is 1. The van der Waals surface area contributed by atoms with Crippen LogP contribution in [-0.4, -0.2) is 56.3 Å². The molecule has 10 heteroatoms. The summed E-state index contributed by atoms with van der Waals surface area (Å²) in [7, 11) is 0. The second kappa shape index (κ2) is 9.19. The Labute approximate surface area is 174 Å². The predicted octanol–water partition coefficient (Wildman–Crippen LogP) is 0.742. The second-order valence-corrected chi connectivity index (χ2v) is 7.28. The number of fused-ring (bicyclic) bond motifs is 1. The van der Waals surface area contributed by atoms with Crippen LogP contribution in [0.1, 0.15) is 33.6 Å². The Morgan fingerprint density at radius 2 is 1.77 bits per heavy atom. The maximum absolute atomic E-state index is 12.6. The quantitative estimate of drug-likeness (QED) is 0.743. The summed E-state index contributed by atoms with van der Waals surface area (Å²) in [5, 5.41) is 3.42. The standard InChI is InChI=1S/C20H29N5O5/c1-4-24-17-15(18(27)25(5-2)19(24)28)9-12-23(17)13-16(26)21-14-7-10-22(11-8-14)20(29)30-6-3/h9,12,14H,4-8,10-11,13H2,1-3H3,(H,21,26). The van der Waals surface area contributed by atoms with E-state index in [-0.39, 0.29) is 35.8 Å². The van der Waals surface area contributed by atoms with Gasteiger partial charge in [0.25, 0.3) is 5.56 Å². The van der Waals surface area contributed by atoms with Crippen LogP contribution in [-0.2, 0) is 29.2 Å². The van der Waals surface area contributed by atoms with Gasteiger partial charge in [-0.15, -0.1) is 0 Å². The van der Waals surface area contributed by atoms with Crippen molar-refractivity contribution in [2.45, 2.75) is 59.3 Å². The van der Waals surface area contributed by atoms with Gasteiger partial charge in [-0.25, -0.2) is 9.59 Å². The van der Waals surface area contributed by atoms with E-state index in [2.05, 4.69) is 5.32 Å². The van der Waals surface area contributed by atoms with Crippen LogP contribution < -0.4 is 16.6 Å². The van der Waals surface area contributed by atoms with Crippen LogP contribution in [0.3, 0.4) is 0 Å². The number of hydrogen-bond acceptors (Lipinski definition) is 5. The van der Waals surface area contributed by atoms with E-state index in [0.29, 0.717) is 56.7 Å². The molecule has 2 amide bonds. The zero-order chi connectivity index (χ0) is 21.8. The van der Waals surface area contributed by atoms with E-state index in [4.69, 9.17) is 4.74 Å². The first-order valence-corrected chi connectivity index (χ1v) is 10.4. The Balaban J connectivity index is 1.72. The summed E-state index contributed by atoms with van der Waals surface area (Å²) in [4.78, 5) is 51.3. The van der Waals surface area contributed by atoms with E-state index >= 15 is 0 Å². The first-order chi connectivity index (χ1) is 14.4. The zero-order valence-electron chi connectivity index (χ0n) is 17.7. The topological polar surface area (TPSA) is 108 Å². The summed E-state index contributed by atoms with van der Waals surface area (Å²) in [6, 6.07) is 1.62. The molecular weight excluding hydrogens is 390 g/mol. The summed E-state index contributed by atoms with van der Waals surface area (Å²) in [6.07, 6.45) is 2.65. The number of ether oxygens (including phenoxy) is 1. The maximum Gasteiger partial charge on any atom is 0.409 e. The van der Waals surface area contributed by atoms with Gasteiger partial charge in [0.1, 0.15) is 12.2 Å². The van der Waals surface area contributed by atoms with Crippen molar-refractivity contribution in [2.75, 3.05) is 19.7 Å². The van der Waals surface area contributed by atoms with Gasteiger partial charge in [0, 0.05) is 38.4 Å². The lowest BCUT2D eigenvalue weighted by Gasteiger charge is -2.31. The minimum Gasteiger partial charge on any atom is -0.450 e. The summed E-state index contributed by atoms with van der Waals surface area (Å²) in [5.74, 6) is -0.197. The second-order valence-electron chi connectivity index (χ2n) is 7.28. The van der Waals surface area contributed by atoms with Crippen molar-refractivity contribution < 1.29 is 14.3 Å². The Morgan fingerprint density at radius 1 is 1.10 bits per heavy atom. The third kappa shape index (κ3) is 4.12. The van der Waals surface area contributed by atoms with E-state index in [1.807, 2.05) is 6.92 Å². The molecule has 3 heterocycles. The van der Waals surface area contributed by atoms with Gasteiger partial charge in [-0.05, 0) is 39.7 Å². The van der Waals surface area contributed by atoms with Gasteiger partial charge in [0.2, 0.25) is 5.91 Å². The highest BCUT2D eigenvalue weighted by molar-refractivity contribution is 5.81. The van der Waals surface area contributed by atoms with Gasteiger partial charge >= 0.3 is 11.8 Å². The number of amides is 2. The normalized spacial score (nSPS) is 14.8. The number of piperidine rings is 1. The van der Waals surface area contributed by atoms with Crippen LogP contribution >= 0.6 is 0 Å². The molecule has 10 nitrogen and oxygen atoms in total. The number of rotatable bonds is 6. The molecule has 2 aromatic rings. The van der Waals surface area contributed by atoms with Gasteiger partial charge in [-0.1, -0.05) is 0 Å². The predicted molar refractivity (Wildman–Crippen MR) is 112 cm³/mol. The molecule has 0 bridgehead atoms. The smallest absolute Gasteiger partial charge is 0.409 e. The zero-order valence-corrected chi connectivity index (χ0v) is 17.7. The first kappa shape index (κ1) is 21.7. The van der Waals surface area contributed by atoms with Crippen LogP contribution in [0, 0.1) is 0 Å². The SMILES string of the molecule is CCOC(=O)N1CCC(NC(=O)Cn2ccc3c(=O)n(CC)c(=O)n(CC)c32)CC1. The van der Waals surface area contributed by atoms with Crippen molar-refractivity contribution in [1.82, 2.24) is 23.9 Å². The monoisotopic (exact) mass is 419 g/mol. The molecule has 2 aromatic heterocycles. The molecule has 0 saturated carbocycles. The third-order valence-electron chi connectivity index (χ3n) is 5.46. The molecule has 164 valence electrons. The molecule has 0 aliphatic carbocycles. The number of nitrogens with one attached hydrogen (secondary N) is 1. The van der Waals surface area contributed by atoms with Crippen molar-refractivity contribution in [2.24, 2.45) is 0 Å². The average molecular weight is 419 g/mol. The van der Waals surface area contributed by atoms with E-state index in [1.54, 1.807) is 35.6 Å². The molecule has 1 aliphatic heterocycles. The number of nitrogens with zero attached hydrogens (tertiary/aromatic N) is 4. The highest BCUT2D eigenvalue weighted by Crippen LogP contribution is 2.13. The number of carbonyl (C=O) groups excluding carboxylic acids is 2. The molecule has 0 atom stereocenters. The maximum atomic E-state index is 12.6. The number of aromatic nitrogens is 3. The lowest BCUT2D eigenvalue weighted by Crippen LogP contribution is -2.47. The molecule has 0 aromatic carbocycles. The summed E-state index contributed by atoms with van der Waals surface area (Å²) in [6.45, 7) is 7.46. The van der Waals surface area contributed by atoms with Crippen molar-refractivity contribution in [3.05, 3.63) is 33.1 Å². The Kier molecular flexibility index (Phi) is 6.63. The highest BCUT2D eigenvalue weighted by Gasteiger charge is 2.25. The third-order valence-corrected chi connectivity index (χ3v) is 5.46. The van der Waals surface area contributed by atoms with Gasteiger partial charge in [-0.3, -0.25) is 18.7 Å². The van der Waals surface area contributed by atoms with Crippen molar-refractivity contribution in [1.29, 1.82) is 0 Å². The average Bonchev–Trinajstić information content (AvgIpc) is 3.13. The van der Waals surface area contributed by atoms with Crippen molar-refractivity contribution in [3.63, 3.8) is 0 Å². The number of likely N-dealkylation sites (tertiary alicyclic amines) is 1. The lowest BCUT2D eigenvalue weighted by atomic mass is 10.1. The number of hydrogen-bond donors (Lipinski definition) is 1. The fraction of sp³-hybridized carbons (Fsp3) is 0.600. The van der Waals surface area contributed by atoms with Gasteiger partial charge in [-0.2, -0.15) is 0 Å². The van der Waals surface area contributed by atoms with Crippen LogP contribution in [0.5, 0.6) is 0 Å². The molecule has 3 rings (SSSR count). The Bertz CT molecular complexity index is 1040. The molecule has 1 fully saturated rings. The van der Waals surface area contributed by atoms with E-state index in [0.717, 1.165) is 0 Å². The molecule has 1 N–H and O–H groups in total. The lowest BCUT2D eigenvalue weighted by molar-refractivity contribution is -0.122. The molecular formula is C20H29N5O5. The van der Waals surface area contributed by atoms with Crippen molar-refractivity contribution >= 4 is 23.0 Å². The summed E-state index contributed by atoms with van der Waals surface area (Å²) < 4.78 is 9.37. The first-order valence-electron chi connectivity index (χ1n) is 10.4. The Hall–Kier alpha value is -3.04. The summed E-state index contributed by atoms with van der Waals surface area (Å²) >= 11 is 0. The molecule has 0 radical (unpaired) electrons. The largest absolute Gasteiger partial charge is 0.450 e. The van der Waals surface area contributed by atoms with Crippen LogP contribution in [0.25, 0.3) is 11.0 Å². The Morgan fingerprint density at radius 3 is 2.37 bits per heavy atom. The molecule has 30 heavy (non-hydrogen) atoms. The molecule has 1 saturated heterocycles. The van der Waals surface area contributed by atoms with Gasteiger partial charge in [0.05, 0.1) is 12.0 Å². The number of carbonyl (C=O) groups is 2. The van der Waals surface area contributed by atoms with Crippen molar-refractivity contribution in [3.8, 4) is 0 Å². The van der Waals surface area contributed by atoms with E-state index < -0.39 is 0 Å². The van der Waals surface area contributed by atoms with E-state index in [1.165, 1.54) is 9.13 Å². The highest BCUT2D eigenvalue weighted by atomic mass is 16.6. The van der Waals surface area contributed by atoms with Crippen LogP contribution in [0.4, 0.5) is 4.79 Å². The molecule has 0 unspecified atom stereocenters. The van der Waals surface area contributed by atoms with Gasteiger partial charge in [0.15, 0.2) is 0 Å². The van der Waals surface area contributed by atoms with E-state index in [9.17, 15) is 19.2 Å². The van der Waals surface area contributed by atoms with Crippen LogP contribution in [0.2, 0.25) is 0 Å². The van der Waals surface area contributed by atoms with Gasteiger partial charge < -0.3 is 19.5 Å².